The Kier molecular flexibility index (Phi) is 8.65. The lowest BCUT2D eigenvalue weighted by atomic mass is 9.95. The zero-order valence-electron chi connectivity index (χ0n) is 19.5. The van der Waals surface area contributed by atoms with Crippen molar-refractivity contribution in [1.29, 1.82) is 0 Å². The Labute approximate surface area is 193 Å². The van der Waals surface area contributed by atoms with E-state index in [9.17, 15) is 14.7 Å². The second-order valence-corrected chi connectivity index (χ2v) is 13.5. The second-order valence-electron chi connectivity index (χ2n) is 9.50. The highest BCUT2D eigenvalue weighted by Crippen LogP contribution is 2.45. The van der Waals surface area contributed by atoms with Crippen molar-refractivity contribution in [3.05, 3.63) is 71.8 Å². The molecule has 2 aromatic rings. The molecule has 0 saturated carbocycles. The number of nitrogens with zero attached hydrogens (tertiary/aromatic N) is 1. The zero-order valence-corrected chi connectivity index (χ0v) is 20.5. The third-order valence-electron chi connectivity index (χ3n) is 6.59. The summed E-state index contributed by atoms with van der Waals surface area (Å²) < 4.78 is 6.45. The number of benzene rings is 2. The van der Waals surface area contributed by atoms with Gasteiger partial charge in [0.2, 0.25) is 5.91 Å². The van der Waals surface area contributed by atoms with Gasteiger partial charge in [-0.05, 0) is 43.0 Å². The maximum atomic E-state index is 13.2. The summed E-state index contributed by atoms with van der Waals surface area (Å²) in [4.78, 5) is 26.0. The Morgan fingerprint density at radius 1 is 1.00 bits per heavy atom. The van der Waals surface area contributed by atoms with Crippen molar-refractivity contribution in [1.82, 2.24) is 4.90 Å². The number of carbonyl (C=O) groups is 1. The van der Waals surface area contributed by atoms with Gasteiger partial charge in [0.25, 0.3) is 0 Å². The van der Waals surface area contributed by atoms with E-state index < -0.39 is 8.32 Å². The van der Waals surface area contributed by atoms with Crippen LogP contribution in [0.15, 0.2) is 60.7 Å². The van der Waals surface area contributed by atoms with Gasteiger partial charge in [-0.25, -0.2) is 0 Å². The SMILES string of the molecule is C[C@H]1[C@H]([Si](C)(C)O)[C@@H](CC(=O)N(CCO)Cc2ccccc2)O[C@H]1CCc1ccccc1. The smallest absolute Gasteiger partial charge is 0.225 e. The molecular formula is C26H37NO4Si. The molecule has 1 fully saturated rings. The predicted octanol–water partition coefficient (Wildman–Crippen LogP) is 4.00. The Bertz CT molecular complexity index is 840. The largest absolute Gasteiger partial charge is 0.432 e. The monoisotopic (exact) mass is 455 g/mol. The molecule has 6 heteroatoms. The fraction of sp³-hybridized carbons (Fsp3) is 0.500. The highest BCUT2D eigenvalue weighted by atomic mass is 28.4. The lowest BCUT2D eigenvalue weighted by molar-refractivity contribution is -0.135. The van der Waals surface area contributed by atoms with Gasteiger partial charge in [0, 0.05) is 18.6 Å². The van der Waals surface area contributed by atoms with Crippen LogP contribution in [0, 0.1) is 5.92 Å². The molecule has 0 aliphatic carbocycles. The average molecular weight is 456 g/mol. The Morgan fingerprint density at radius 2 is 1.59 bits per heavy atom. The molecule has 1 heterocycles. The molecule has 0 unspecified atom stereocenters. The summed E-state index contributed by atoms with van der Waals surface area (Å²) in [5, 5.41) is 9.51. The number of hydrogen-bond acceptors (Lipinski definition) is 4. The summed E-state index contributed by atoms with van der Waals surface area (Å²) in [6.07, 6.45) is 1.77. The van der Waals surface area contributed by atoms with Crippen LogP contribution in [0.4, 0.5) is 0 Å². The minimum Gasteiger partial charge on any atom is -0.432 e. The van der Waals surface area contributed by atoms with Gasteiger partial charge < -0.3 is 19.5 Å². The van der Waals surface area contributed by atoms with Crippen LogP contribution in [0.3, 0.4) is 0 Å². The van der Waals surface area contributed by atoms with Crippen molar-refractivity contribution in [3.63, 3.8) is 0 Å². The normalized spacial score (nSPS) is 23.3. The first-order chi connectivity index (χ1) is 15.3. The lowest BCUT2D eigenvalue weighted by Crippen LogP contribution is -2.42. The van der Waals surface area contributed by atoms with Crippen LogP contribution in [-0.2, 0) is 22.5 Å². The quantitative estimate of drug-likeness (QED) is 0.531. The van der Waals surface area contributed by atoms with Crippen molar-refractivity contribution >= 4 is 14.2 Å². The molecule has 0 aromatic heterocycles. The standard InChI is InChI=1S/C26H37NO4Si/c1-20-23(15-14-21-10-6-4-7-11-21)31-24(26(20)32(2,3)30)18-25(29)27(16-17-28)19-22-12-8-5-9-13-22/h4-13,20,23-24,26,28,30H,14-19H2,1-3H3/t20-,23+,24-,26+/m1/s1. The minimum atomic E-state index is -2.54. The van der Waals surface area contributed by atoms with Gasteiger partial charge in [-0.15, -0.1) is 0 Å². The number of ether oxygens (including phenoxy) is 1. The van der Waals surface area contributed by atoms with Crippen LogP contribution in [0.5, 0.6) is 0 Å². The fourth-order valence-corrected chi connectivity index (χ4v) is 7.69. The summed E-state index contributed by atoms with van der Waals surface area (Å²) in [5.74, 6) is 0.163. The van der Waals surface area contributed by atoms with Gasteiger partial charge in [0.1, 0.15) is 0 Å². The molecule has 4 atom stereocenters. The van der Waals surface area contributed by atoms with E-state index in [1.807, 2.05) is 61.6 Å². The molecule has 1 amide bonds. The molecule has 2 aromatic carbocycles. The van der Waals surface area contributed by atoms with Crippen molar-refractivity contribution in [2.45, 2.75) is 63.6 Å². The zero-order chi connectivity index (χ0) is 23.1. The summed E-state index contributed by atoms with van der Waals surface area (Å²) in [6, 6.07) is 20.2. The molecule has 174 valence electrons. The predicted molar refractivity (Wildman–Crippen MR) is 130 cm³/mol. The maximum Gasteiger partial charge on any atom is 0.225 e. The Morgan fingerprint density at radius 3 is 2.16 bits per heavy atom. The second kappa shape index (κ2) is 11.2. The number of carbonyl (C=O) groups excluding carboxylic acids is 1. The first-order valence-electron chi connectivity index (χ1n) is 11.6. The third-order valence-corrected chi connectivity index (χ3v) is 9.12. The molecule has 1 saturated heterocycles. The summed E-state index contributed by atoms with van der Waals surface area (Å²) in [6.45, 7) is 6.73. The van der Waals surface area contributed by atoms with Gasteiger partial charge in [-0.1, -0.05) is 67.6 Å². The van der Waals surface area contributed by atoms with E-state index in [0.29, 0.717) is 6.54 Å². The first-order valence-corrected chi connectivity index (χ1v) is 14.7. The Hall–Kier alpha value is -1.99. The van der Waals surface area contributed by atoms with E-state index in [4.69, 9.17) is 4.74 Å². The van der Waals surface area contributed by atoms with Gasteiger partial charge >= 0.3 is 0 Å². The molecule has 1 aliphatic rings. The van der Waals surface area contributed by atoms with Crippen LogP contribution >= 0.6 is 0 Å². The van der Waals surface area contributed by atoms with E-state index >= 15 is 0 Å². The number of hydrogen-bond donors (Lipinski definition) is 2. The van der Waals surface area contributed by atoms with Gasteiger partial charge in [0.15, 0.2) is 8.32 Å². The van der Waals surface area contributed by atoms with Crippen molar-refractivity contribution < 1.29 is 19.4 Å². The molecule has 5 nitrogen and oxygen atoms in total. The molecule has 2 N–H and O–H groups in total. The fourth-order valence-electron chi connectivity index (χ4n) is 5.08. The average Bonchev–Trinajstić information content (AvgIpc) is 3.08. The van der Waals surface area contributed by atoms with Crippen LogP contribution < -0.4 is 0 Å². The van der Waals surface area contributed by atoms with Crippen LogP contribution in [0.1, 0.15) is 30.9 Å². The maximum absolute atomic E-state index is 13.2. The highest BCUT2D eigenvalue weighted by molar-refractivity contribution is 6.71. The lowest BCUT2D eigenvalue weighted by Gasteiger charge is -2.31. The van der Waals surface area contributed by atoms with E-state index in [1.54, 1.807) is 4.90 Å². The summed E-state index contributed by atoms with van der Waals surface area (Å²) in [7, 11) is -2.54. The molecule has 1 aliphatic heterocycles. The van der Waals surface area contributed by atoms with Crippen LogP contribution in [-0.4, -0.2) is 54.4 Å². The molecular weight excluding hydrogens is 418 g/mol. The third kappa shape index (κ3) is 6.51. The van der Waals surface area contributed by atoms with Crippen molar-refractivity contribution in [3.8, 4) is 0 Å². The number of aryl methyl sites for hydroxylation is 1. The van der Waals surface area contributed by atoms with Gasteiger partial charge in [0.05, 0.1) is 25.2 Å². The van der Waals surface area contributed by atoms with Crippen molar-refractivity contribution in [2.24, 2.45) is 5.92 Å². The topological polar surface area (TPSA) is 70.0 Å². The van der Waals surface area contributed by atoms with E-state index in [1.165, 1.54) is 5.56 Å². The molecule has 3 rings (SSSR count). The molecule has 0 bridgehead atoms. The van der Waals surface area contributed by atoms with Crippen molar-refractivity contribution in [2.75, 3.05) is 13.2 Å². The first kappa shape index (κ1) is 24.6. The highest BCUT2D eigenvalue weighted by Gasteiger charge is 2.50. The van der Waals surface area contributed by atoms with E-state index in [2.05, 4.69) is 19.1 Å². The van der Waals surface area contributed by atoms with E-state index in [-0.39, 0.29) is 49.1 Å². The molecule has 0 spiro atoms. The summed E-state index contributed by atoms with van der Waals surface area (Å²) in [5.41, 5.74) is 2.31. The molecule has 32 heavy (non-hydrogen) atoms. The van der Waals surface area contributed by atoms with Gasteiger partial charge in [-0.3, -0.25) is 4.79 Å². The number of rotatable bonds is 10. The van der Waals surface area contributed by atoms with E-state index in [0.717, 1.165) is 18.4 Å². The van der Waals surface area contributed by atoms with Crippen LogP contribution in [0.25, 0.3) is 0 Å². The number of aliphatic hydroxyl groups excluding tert-OH is 1. The molecule has 0 radical (unpaired) electrons. The number of aliphatic hydroxyl groups is 1. The van der Waals surface area contributed by atoms with Crippen LogP contribution in [0.2, 0.25) is 18.6 Å². The summed E-state index contributed by atoms with van der Waals surface area (Å²) >= 11 is 0. The van der Waals surface area contributed by atoms with Gasteiger partial charge in [-0.2, -0.15) is 0 Å². The minimum absolute atomic E-state index is 0.0000693. The Balaban J connectivity index is 1.69. The number of amides is 1.